The number of likely N-dealkylation sites (tertiary alicyclic amines) is 1. The summed E-state index contributed by atoms with van der Waals surface area (Å²) in [5.74, 6) is 2.44. The fourth-order valence-corrected chi connectivity index (χ4v) is 4.47. The van der Waals surface area contributed by atoms with Crippen LogP contribution in [0.1, 0.15) is 24.6 Å². The first-order valence-electron chi connectivity index (χ1n) is 10.6. The van der Waals surface area contributed by atoms with Crippen LogP contribution >= 0.6 is 0 Å². The molecule has 4 heterocycles. The molecule has 2 N–H and O–H groups in total. The summed E-state index contributed by atoms with van der Waals surface area (Å²) in [6.07, 6.45) is 3.67. The second-order valence-electron chi connectivity index (χ2n) is 8.45. The van der Waals surface area contributed by atoms with Crippen molar-refractivity contribution in [2.24, 2.45) is 5.92 Å². The van der Waals surface area contributed by atoms with Crippen LogP contribution in [0.2, 0.25) is 0 Å². The molecule has 1 saturated carbocycles. The van der Waals surface area contributed by atoms with Crippen LogP contribution in [0.4, 0.5) is 20.4 Å². The second kappa shape index (κ2) is 8.16. The smallest absolute Gasteiger partial charge is 0.387 e. The molecule has 0 bridgehead atoms. The quantitative estimate of drug-likeness (QED) is 0.680. The third kappa shape index (κ3) is 4.14. The Labute approximate surface area is 179 Å². The Hall–Kier alpha value is -2.59. The van der Waals surface area contributed by atoms with Crippen molar-refractivity contribution in [3.63, 3.8) is 0 Å². The van der Waals surface area contributed by atoms with Gasteiger partial charge in [-0.2, -0.15) is 8.78 Å². The Morgan fingerprint density at radius 3 is 2.77 bits per heavy atom. The summed E-state index contributed by atoms with van der Waals surface area (Å²) in [7, 11) is 1.73. The lowest BCUT2D eigenvalue weighted by Gasteiger charge is -2.43. The molecule has 1 aliphatic carbocycles. The number of pyridine rings is 1. The van der Waals surface area contributed by atoms with Gasteiger partial charge >= 0.3 is 6.61 Å². The van der Waals surface area contributed by atoms with E-state index in [2.05, 4.69) is 19.5 Å². The van der Waals surface area contributed by atoms with Crippen LogP contribution in [0.3, 0.4) is 0 Å². The summed E-state index contributed by atoms with van der Waals surface area (Å²) < 4.78 is 35.2. The van der Waals surface area contributed by atoms with E-state index in [1.54, 1.807) is 7.11 Å². The van der Waals surface area contributed by atoms with Crippen LogP contribution in [0.25, 0.3) is 11.3 Å². The molecule has 166 valence electrons. The van der Waals surface area contributed by atoms with Gasteiger partial charge in [0.05, 0.1) is 12.3 Å². The minimum absolute atomic E-state index is 0.0759. The van der Waals surface area contributed by atoms with E-state index in [0.29, 0.717) is 29.1 Å². The maximum atomic E-state index is 12.7. The lowest BCUT2D eigenvalue weighted by Crippen LogP contribution is -2.56. The average Bonchev–Trinajstić information content (AvgIpc) is 3.53. The zero-order chi connectivity index (χ0) is 21.5. The molecular formula is C21H26F2N6O2. The number of anilines is 2. The first kappa shape index (κ1) is 20.3. The van der Waals surface area contributed by atoms with Crippen molar-refractivity contribution >= 4 is 11.6 Å². The first-order chi connectivity index (χ1) is 15.0. The highest BCUT2D eigenvalue weighted by Crippen LogP contribution is 2.41. The number of hydrogen-bond donors (Lipinski definition) is 1. The first-order valence-corrected chi connectivity index (χ1v) is 10.6. The van der Waals surface area contributed by atoms with Gasteiger partial charge in [-0.3, -0.25) is 4.90 Å². The number of methoxy groups -OCH3 is 1. The third-order valence-corrected chi connectivity index (χ3v) is 6.32. The molecule has 0 spiro atoms. The van der Waals surface area contributed by atoms with Crippen LogP contribution in [-0.2, 0) is 4.74 Å². The fraction of sp³-hybridized carbons (Fsp3) is 0.571. The number of halogens is 2. The predicted octanol–water partition coefficient (Wildman–Crippen LogP) is 2.37. The summed E-state index contributed by atoms with van der Waals surface area (Å²) in [5.41, 5.74) is 6.92. The van der Waals surface area contributed by atoms with Crippen molar-refractivity contribution in [1.29, 1.82) is 0 Å². The molecule has 10 heteroatoms. The zero-order valence-electron chi connectivity index (χ0n) is 17.4. The van der Waals surface area contributed by atoms with Crippen LogP contribution in [0, 0.1) is 5.92 Å². The molecule has 0 amide bonds. The molecule has 0 radical (unpaired) electrons. The van der Waals surface area contributed by atoms with E-state index in [0.717, 1.165) is 57.3 Å². The lowest BCUT2D eigenvalue weighted by molar-refractivity contribution is -0.0494. The summed E-state index contributed by atoms with van der Waals surface area (Å²) in [6.45, 7) is 1.65. The van der Waals surface area contributed by atoms with Crippen molar-refractivity contribution in [1.82, 2.24) is 19.9 Å². The highest BCUT2D eigenvalue weighted by molar-refractivity contribution is 5.67. The van der Waals surface area contributed by atoms with E-state index >= 15 is 0 Å². The average molecular weight is 432 g/mol. The lowest BCUT2D eigenvalue weighted by atomic mass is 9.92. The van der Waals surface area contributed by atoms with Crippen LogP contribution in [0.15, 0.2) is 18.3 Å². The Bertz CT molecular complexity index is 957. The van der Waals surface area contributed by atoms with Gasteiger partial charge in [0.25, 0.3) is 0 Å². The Balaban J connectivity index is 1.42. The molecule has 3 aliphatic rings. The number of rotatable bonds is 8. The zero-order valence-corrected chi connectivity index (χ0v) is 17.4. The molecule has 2 aliphatic heterocycles. The minimum atomic E-state index is -2.97. The number of ether oxygens (including phenoxy) is 2. The van der Waals surface area contributed by atoms with Gasteiger partial charge in [-0.1, -0.05) is 0 Å². The standard InChI is InChI=1S/C21H26F2N6O2/c1-30-5-4-28-9-14-10-29(11-16(14)28)18-7-15(26-20(27-18)12-2-3-12)13-6-17(31-21(22)23)19(24)25-8-13/h6-8,12,14,16,21H,2-5,9-11H2,1H3,(H2,24,25). The number of alkyl halides is 2. The maximum Gasteiger partial charge on any atom is 0.387 e. The van der Waals surface area contributed by atoms with Crippen molar-refractivity contribution < 1.29 is 18.3 Å². The van der Waals surface area contributed by atoms with Crippen molar-refractivity contribution in [2.75, 3.05) is 50.5 Å². The summed E-state index contributed by atoms with van der Waals surface area (Å²) in [6, 6.07) is 3.90. The van der Waals surface area contributed by atoms with Gasteiger partial charge in [0, 0.05) is 69.0 Å². The normalized spacial score (nSPS) is 23.2. The van der Waals surface area contributed by atoms with E-state index in [9.17, 15) is 8.78 Å². The molecule has 5 rings (SSSR count). The van der Waals surface area contributed by atoms with Crippen LogP contribution in [-0.4, -0.2) is 72.4 Å². The molecule has 2 saturated heterocycles. The molecule has 0 aromatic carbocycles. The number of nitrogens with zero attached hydrogens (tertiary/aromatic N) is 5. The number of hydrogen-bond acceptors (Lipinski definition) is 8. The Morgan fingerprint density at radius 1 is 1.19 bits per heavy atom. The van der Waals surface area contributed by atoms with Gasteiger partial charge in [0.2, 0.25) is 0 Å². The van der Waals surface area contributed by atoms with Crippen LogP contribution in [0.5, 0.6) is 5.75 Å². The molecular weight excluding hydrogens is 406 g/mol. The monoisotopic (exact) mass is 432 g/mol. The van der Waals surface area contributed by atoms with Gasteiger partial charge in [-0.15, -0.1) is 0 Å². The van der Waals surface area contributed by atoms with Gasteiger partial charge < -0.3 is 20.1 Å². The highest BCUT2D eigenvalue weighted by atomic mass is 19.3. The van der Waals surface area contributed by atoms with Crippen molar-refractivity contribution in [3.05, 3.63) is 24.2 Å². The van der Waals surface area contributed by atoms with Gasteiger partial charge in [0.1, 0.15) is 11.6 Å². The van der Waals surface area contributed by atoms with E-state index < -0.39 is 6.61 Å². The minimum Gasteiger partial charge on any atom is -0.431 e. The largest absolute Gasteiger partial charge is 0.431 e. The molecule has 2 aromatic heterocycles. The molecule has 3 fully saturated rings. The van der Waals surface area contributed by atoms with E-state index in [1.165, 1.54) is 12.3 Å². The molecule has 8 nitrogen and oxygen atoms in total. The van der Waals surface area contributed by atoms with Gasteiger partial charge in [-0.25, -0.2) is 15.0 Å². The topological polar surface area (TPSA) is 89.6 Å². The predicted molar refractivity (Wildman–Crippen MR) is 111 cm³/mol. The molecule has 31 heavy (non-hydrogen) atoms. The number of nitrogen functional groups attached to an aromatic ring is 1. The SMILES string of the molecule is COCCN1CC2CN(c3cc(-c4cnc(N)c(OC(F)F)c4)nc(C4CC4)n3)CC21. The Morgan fingerprint density at radius 2 is 2.03 bits per heavy atom. The van der Waals surface area contributed by atoms with E-state index in [-0.39, 0.29) is 11.6 Å². The van der Waals surface area contributed by atoms with E-state index in [4.69, 9.17) is 20.4 Å². The third-order valence-electron chi connectivity index (χ3n) is 6.32. The number of nitrogens with two attached hydrogens (primary N) is 1. The van der Waals surface area contributed by atoms with Gasteiger partial charge in [0.15, 0.2) is 11.6 Å². The summed E-state index contributed by atoms with van der Waals surface area (Å²) in [4.78, 5) is 18.3. The highest BCUT2D eigenvalue weighted by Gasteiger charge is 2.45. The fourth-order valence-electron chi connectivity index (χ4n) is 4.47. The molecule has 2 unspecified atom stereocenters. The van der Waals surface area contributed by atoms with Gasteiger partial charge in [-0.05, 0) is 18.9 Å². The Kier molecular flexibility index (Phi) is 5.35. The summed E-state index contributed by atoms with van der Waals surface area (Å²) >= 11 is 0. The number of fused-ring (bicyclic) bond motifs is 1. The van der Waals surface area contributed by atoms with E-state index in [1.807, 2.05) is 6.07 Å². The maximum absolute atomic E-state index is 12.7. The molecule has 2 aromatic rings. The van der Waals surface area contributed by atoms with Crippen molar-refractivity contribution in [2.45, 2.75) is 31.4 Å². The second-order valence-corrected chi connectivity index (χ2v) is 8.45. The summed E-state index contributed by atoms with van der Waals surface area (Å²) in [5, 5.41) is 0. The number of aromatic nitrogens is 3. The van der Waals surface area contributed by atoms with Crippen LogP contribution < -0.4 is 15.4 Å². The van der Waals surface area contributed by atoms with Crippen molar-refractivity contribution in [3.8, 4) is 17.0 Å². The molecule has 2 atom stereocenters.